The third-order valence-electron chi connectivity index (χ3n) is 6.39. The number of nitrogens with one attached hydrogen (secondary N) is 1. The molecule has 5 rings (SSSR count). The number of pyridine rings is 2. The zero-order valence-electron chi connectivity index (χ0n) is 21.1. The second-order valence-corrected chi connectivity index (χ2v) is 9.09. The Bertz CT molecular complexity index is 1410. The number of anilines is 1. The molecular formula is C26H28N8O4. The van der Waals surface area contributed by atoms with Crippen molar-refractivity contribution in [2.75, 3.05) is 5.32 Å². The molecule has 0 saturated heterocycles. The fourth-order valence-corrected chi connectivity index (χ4v) is 4.41. The van der Waals surface area contributed by atoms with Crippen LogP contribution in [0.4, 0.5) is 5.95 Å². The van der Waals surface area contributed by atoms with E-state index in [9.17, 15) is 9.90 Å². The Morgan fingerprint density at radius 2 is 2.08 bits per heavy atom. The van der Waals surface area contributed by atoms with Crippen LogP contribution in [0.2, 0.25) is 0 Å². The lowest BCUT2D eigenvalue weighted by atomic mass is 9.87. The lowest BCUT2D eigenvalue weighted by molar-refractivity contribution is -0.143. The number of hydrogen-bond donors (Lipinski definition) is 2. The third-order valence-corrected chi connectivity index (χ3v) is 6.39. The summed E-state index contributed by atoms with van der Waals surface area (Å²) in [6, 6.07) is 8.94. The minimum Gasteiger partial charge on any atom is -0.489 e. The highest BCUT2D eigenvalue weighted by molar-refractivity contribution is 5.70. The molecule has 4 aromatic rings. The van der Waals surface area contributed by atoms with Crippen LogP contribution in [0.5, 0.6) is 17.4 Å². The van der Waals surface area contributed by atoms with Gasteiger partial charge in [0, 0.05) is 25.5 Å². The number of aryl methyl sites for hydroxylation is 2. The predicted molar refractivity (Wildman–Crippen MR) is 137 cm³/mol. The highest BCUT2D eigenvalue weighted by Crippen LogP contribution is 2.30. The average molecular weight is 517 g/mol. The van der Waals surface area contributed by atoms with Crippen LogP contribution in [0.1, 0.15) is 37.1 Å². The summed E-state index contributed by atoms with van der Waals surface area (Å²) < 4.78 is 13.5. The largest absolute Gasteiger partial charge is 0.489 e. The van der Waals surface area contributed by atoms with Crippen LogP contribution in [0.15, 0.2) is 48.9 Å². The monoisotopic (exact) mass is 516 g/mol. The quantitative estimate of drug-likeness (QED) is 0.334. The van der Waals surface area contributed by atoms with Crippen molar-refractivity contribution in [3.05, 3.63) is 60.3 Å². The first-order valence-corrected chi connectivity index (χ1v) is 12.4. The van der Waals surface area contributed by atoms with Gasteiger partial charge < -0.3 is 19.9 Å². The highest BCUT2D eigenvalue weighted by Gasteiger charge is 2.28. The van der Waals surface area contributed by atoms with Gasteiger partial charge in [0.15, 0.2) is 0 Å². The van der Waals surface area contributed by atoms with E-state index in [1.54, 1.807) is 41.5 Å². The van der Waals surface area contributed by atoms with Gasteiger partial charge in [-0.25, -0.2) is 14.6 Å². The van der Waals surface area contributed by atoms with E-state index in [1.165, 1.54) is 0 Å². The molecule has 2 atom stereocenters. The molecule has 1 fully saturated rings. The van der Waals surface area contributed by atoms with Gasteiger partial charge >= 0.3 is 5.97 Å². The number of carbonyl (C=O) groups is 1. The summed E-state index contributed by atoms with van der Waals surface area (Å²) in [6.45, 7) is 2.22. The number of carboxylic acids is 1. The molecule has 1 aliphatic rings. The molecule has 38 heavy (non-hydrogen) atoms. The van der Waals surface area contributed by atoms with Crippen molar-refractivity contribution in [2.45, 2.75) is 45.3 Å². The third kappa shape index (κ3) is 5.85. The average Bonchev–Trinajstić information content (AvgIpc) is 3.29. The summed E-state index contributed by atoms with van der Waals surface area (Å²) in [7, 11) is 1.81. The Morgan fingerprint density at radius 3 is 2.87 bits per heavy atom. The van der Waals surface area contributed by atoms with E-state index in [2.05, 4.69) is 30.6 Å². The number of ether oxygens (including phenoxy) is 2. The molecule has 4 heterocycles. The Kier molecular flexibility index (Phi) is 7.38. The Labute approximate surface area is 219 Å². The topological polar surface area (TPSA) is 150 Å². The molecule has 0 bridgehead atoms. The van der Waals surface area contributed by atoms with Gasteiger partial charge in [-0.3, -0.25) is 9.78 Å². The molecule has 12 heteroatoms. The van der Waals surface area contributed by atoms with Crippen molar-refractivity contribution < 1.29 is 19.4 Å². The molecular weight excluding hydrogens is 488 g/mol. The van der Waals surface area contributed by atoms with E-state index in [1.807, 2.05) is 26.1 Å². The number of aromatic nitrogens is 7. The first kappa shape index (κ1) is 25.1. The number of hydrogen-bond acceptors (Lipinski definition) is 10. The molecule has 12 nitrogen and oxygen atoms in total. The van der Waals surface area contributed by atoms with Crippen LogP contribution < -0.4 is 14.8 Å². The van der Waals surface area contributed by atoms with Crippen LogP contribution in [-0.2, 0) is 18.4 Å². The summed E-state index contributed by atoms with van der Waals surface area (Å²) in [5, 5.41) is 21.0. The van der Waals surface area contributed by atoms with E-state index in [0.29, 0.717) is 59.8 Å². The summed E-state index contributed by atoms with van der Waals surface area (Å²) >= 11 is 0. The first-order chi connectivity index (χ1) is 18.5. The van der Waals surface area contributed by atoms with E-state index in [0.717, 1.165) is 18.5 Å². The second kappa shape index (κ2) is 11.2. The van der Waals surface area contributed by atoms with Crippen molar-refractivity contribution in [1.82, 2.24) is 34.9 Å². The van der Waals surface area contributed by atoms with Gasteiger partial charge in [-0.2, -0.15) is 4.98 Å². The van der Waals surface area contributed by atoms with Gasteiger partial charge in [0.05, 0.1) is 41.8 Å². The molecule has 196 valence electrons. The van der Waals surface area contributed by atoms with E-state index < -0.39 is 5.97 Å². The Balaban J connectivity index is 1.27. The lowest BCUT2D eigenvalue weighted by Gasteiger charge is -2.27. The first-order valence-electron chi connectivity index (χ1n) is 12.4. The number of carboxylic acid groups (broad SMARTS) is 1. The van der Waals surface area contributed by atoms with Gasteiger partial charge in [0.25, 0.3) is 0 Å². The standard InChI is InChI=1S/C26H28N8O4/c1-16-22(37-18-6-3-5-17(13-18)25(35)36)9-8-20(30-16)24-21(34(2)33-32-24)15-29-26-28-12-10-23(31-26)38-19-7-4-11-27-14-19/h4,7-12,14,17-18H,3,5-6,13,15H2,1-2H3,(H,35,36)(H,28,29,31)/t17-,18-/m0/s1. The van der Waals surface area contributed by atoms with Crippen LogP contribution in [0, 0.1) is 12.8 Å². The van der Waals surface area contributed by atoms with Crippen molar-refractivity contribution in [3.8, 4) is 28.8 Å². The zero-order chi connectivity index (χ0) is 26.5. The van der Waals surface area contributed by atoms with Crippen LogP contribution >= 0.6 is 0 Å². The van der Waals surface area contributed by atoms with E-state index >= 15 is 0 Å². The Morgan fingerprint density at radius 1 is 1.18 bits per heavy atom. The molecule has 4 aromatic heterocycles. The van der Waals surface area contributed by atoms with Crippen LogP contribution in [-0.4, -0.2) is 52.1 Å². The van der Waals surface area contributed by atoms with Crippen molar-refractivity contribution in [1.29, 1.82) is 0 Å². The van der Waals surface area contributed by atoms with E-state index in [4.69, 9.17) is 14.5 Å². The Hall–Kier alpha value is -4.61. The number of rotatable bonds is 9. The summed E-state index contributed by atoms with van der Waals surface area (Å²) in [5.41, 5.74) is 2.78. The smallest absolute Gasteiger partial charge is 0.306 e. The molecule has 0 aromatic carbocycles. The fourth-order valence-electron chi connectivity index (χ4n) is 4.41. The lowest BCUT2D eigenvalue weighted by Crippen LogP contribution is -2.29. The fraction of sp³-hybridized carbons (Fsp3) is 0.346. The molecule has 0 amide bonds. The summed E-state index contributed by atoms with van der Waals surface area (Å²) in [4.78, 5) is 28.8. The summed E-state index contributed by atoms with van der Waals surface area (Å²) in [5.74, 6) is 0.882. The SMILES string of the molecule is Cc1nc(-c2nnn(C)c2CNc2nccc(Oc3cccnc3)n2)ccc1O[C@H]1CCC[C@H](C(=O)O)C1. The molecule has 0 spiro atoms. The minimum atomic E-state index is -0.759. The number of aliphatic carboxylic acids is 1. The maximum atomic E-state index is 11.4. The molecule has 1 aliphatic carbocycles. The van der Waals surface area contributed by atoms with Crippen LogP contribution in [0.25, 0.3) is 11.4 Å². The zero-order valence-corrected chi connectivity index (χ0v) is 21.1. The van der Waals surface area contributed by atoms with Crippen molar-refractivity contribution >= 4 is 11.9 Å². The number of nitrogens with zero attached hydrogens (tertiary/aromatic N) is 7. The van der Waals surface area contributed by atoms with Gasteiger partial charge in [-0.1, -0.05) is 5.21 Å². The van der Waals surface area contributed by atoms with E-state index in [-0.39, 0.29) is 12.0 Å². The molecule has 2 N–H and O–H groups in total. The molecule has 0 unspecified atom stereocenters. The maximum absolute atomic E-state index is 11.4. The highest BCUT2D eigenvalue weighted by atomic mass is 16.5. The molecule has 0 radical (unpaired) electrons. The van der Waals surface area contributed by atoms with Gasteiger partial charge in [0.2, 0.25) is 11.8 Å². The maximum Gasteiger partial charge on any atom is 0.306 e. The molecule has 0 aliphatic heterocycles. The van der Waals surface area contributed by atoms with Gasteiger partial charge in [0.1, 0.15) is 17.2 Å². The van der Waals surface area contributed by atoms with Crippen molar-refractivity contribution in [3.63, 3.8) is 0 Å². The van der Waals surface area contributed by atoms with Gasteiger partial charge in [-0.15, -0.1) is 5.10 Å². The summed E-state index contributed by atoms with van der Waals surface area (Å²) in [6.07, 6.45) is 7.63. The van der Waals surface area contributed by atoms with Crippen molar-refractivity contribution in [2.24, 2.45) is 13.0 Å². The minimum absolute atomic E-state index is 0.134. The van der Waals surface area contributed by atoms with Gasteiger partial charge in [-0.05, 0) is 56.9 Å². The predicted octanol–water partition coefficient (Wildman–Crippen LogP) is 3.80. The normalized spacial score (nSPS) is 17.1. The molecule has 1 saturated carbocycles. The second-order valence-electron chi connectivity index (χ2n) is 9.09. The van der Waals surface area contributed by atoms with Crippen LogP contribution in [0.3, 0.4) is 0 Å².